The summed E-state index contributed by atoms with van der Waals surface area (Å²) < 4.78 is 6.06. The lowest BCUT2D eigenvalue weighted by Crippen LogP contribution is -2.44. The SMILES string of the molecule is C[C@]12CCC3c4ccc(OCc5ccccc5)cc4CCC3C1CC(CO)[C@@H]2O. The van der Waals surface area contributed by atoms with Crippen LogP contribution < -0.4 is 4.74 Å². The van der Waals surface area contributed by atoms with Crippen molar-refractivity contribution in [1.29, 1.82) is 0 Å². The molecule has 0 aliphatic heterocycles. The van der Waals surface area contributed by atoms with Crippen LogP contribution in [-0.4, -0.2) is 22.9 Å². The highest BCUT2D eigenvalue weighted by Crippen LogP contribution is 2.62. The largest absolute Gasteiger partial charge is 0.489 e. The van der Waals surface area contributed by atoms with E-state index in [1.54, 1.807) is 0 Å². The number of hydrogen-bond acceptors (Lipinski definition) is 3. The first-order valence-electron chi connectivity index (χ1n) is 11.2. The second-order valence-electron chi connectivity index (χ2n) is 9.72. The molecule has 3 nitrogen and oxygen atoms in total. The summed E-state index contributed by atoms with van der Waals surface area (Å²) in [7, 11) is 0. The molecule has 5 rings (SSSR count). The molecule has 3 heteroatoms. The van der Waals surface area contributed by atoms with Crippen molar-refractivity contribution in [2.75, 3.05) is 6.61 Å². The molecule has 4 unspecified atom stereocenters. The first-order valence-corrected chi connectivity index (χ1v) is 11.2. The molecule has 2 N–H and O–H groups in total. The third kappa shape index (κ3) is 3.19. The van der Waals surface area contributed by atoms with E-state index in [9.17, 15) is 10.2 Å². The van der Waals surface area contributed by atoms with Crippen LogP contribution in [0.25, 0.3) is 0 Å². The van der Waals surface area contributed by atoms with E-state index in [1.165, 1.54) is 23.1 Å². The van der Waals surface area contributed by atoms with Crippen molar-refractivity contribution < 1.29 is 14.9 Å². The number of fused-ring (bicyclic) bond motifs is 5. The summed E-state index contributed by atoms with van der Waals surface area (Å²) in [6, 6.07) is 17.0. The highest BCUT2D eigenvalue weighted by molar-refractivity contribution is 5.41. The van der Waals surface area contributed by atoms with Crippen LogP contribution in [0, 0.1) is 23.2 Å². The van der Waals surface area contributed by atoms with Gasteiger partial charge in [0.1, 0.15) is 12.4 Å². The number of rotatable bonds is 4. The molecule has 0 radical (unpaired) electrons. The van der Waals surface area contributed by atoms with Gasteiger partial charge in [0, 0.05) is 12.5 Å². The third-order valence-electron chi connectivity index (χ3n) is 8.30. The van der Waals surface area contributed by atoms with Gasteiger partial charge in [-0.15, -0.1) is 0 Å². The fourth-order valence-electron chi connectivity index (χ4n) is 6.72. The van der Waals surface area contributed by atoms with Crippen molar-refractivity contribution in [3.63, 3.8) is 0 Å². The van der Waals surface area contributed by atoms with E-state index >= 15 is 0 Å². The Labute approximate surface area is 173 Å². The summed E-state index contributed by atoms with van der Waals surface area (Å²) in [6.45, 7) is 2.99. The van der Waals surface area contributed by atoms with Gasteiger partial charge in [-0.25, -0.2) is 0 Å². The molecule has 0 amide bonds. The van der Waals surface area contributed by atoms with Gasteiger partial charge < -0.3 is 14.9 Å². The number of aliphatic hydroxyl groups excluding tert-OH is 2. The van der Waals surface area contributed by atoms with Gasteiger partial charge in [0.05, 0.1) is 6.10 Å². The minimum absolute atomic E-state index is 0.0230. The Morgan fingerprint density at radius 3 is 2.72 bits per heavy atom. The minimum Gasteiger partial charge on any atom is -0.489 e. The van der Waals surface area contributed by atoms with Gasteiger partial charge in [0.2, 0.25) is 0 Å². The van der Waals surface area contributed by atoms with Crippen molar-refractivity contribution in [2.45, 2.75) is 57.7 Å². The van der Waals surface area contributed by atoms with E-state index in [4.69, 9.17) is 4.74 Å². The number of ether oxygens (including phenoxy) is 1. The molecule has 0 heterocycles. The highest BCUT2D eigenvalue weighted by atomic mass is 16.5. The lowest BCUT2D eigenvalue weighted by molar-refractivity contribution is -0.0379. The fourth-order valence-corrected chi connectivity index (χ4v) is 6.72. The Kier molecular flexibility index (Phi) is 4.92. The van der Waals surface area contributed by atoms with Gasteiger partial charge >= 0.3 is 0 Å². The summed E-state index contributed by atoms with van der Waals surface area (Å²) in [6.07, 6.45) is 5.10. The molecule has 154 valence electrons. The van der Waals surface area contributed by atoms with Crippen LogP contribution in [0.15, 0.2) is 48.5 Å². The Hall–Kier alpha value is -1.84. The lowest BCUT2D eigenvalue weighted by atomic mass is 9.55. The van der Waals surface area contributed by atoms with Gasteiger partial charge in [0.15, 0.2) is 0 Å². The molecule has 0 bridgehead atoms. The Bertz CT molecular complexity index is 864. The van der Waals surface area contributed by atoms with Crippen LogP contribution in [0.1, 0.15) is 55.2 Å². The molecular weight excluding hydrogens is 360 g/mol. The summed E-state index contributed by atoms with van der Waals surface area (Å²) in [5.41, 5.74) is 4.11. The van der Waals surface area contributed by atoms with E-state index in [2.05, 4.69) is 37.3 Å². The molecule has 2 aromatic carbocycles. The van der Waals surface area contributed by atoms with Crippen LogP contribution in [0.5, 0.6) is 5.75 Å². The van der Waals surface area contributed by atoms with Crippen molar-refractivity contribution in [3.05, 3.63) is 65.2 Å². The molecule has 0 saturated heterocycles. The fraction of sp³-hybridized carbons (Fsp3) is 0.538. The Balaban J connectivity index is 1.34. The highest BCUT2D eigenvalue weighted by Gasteiger charge is 2.57. The number of hydrogen-bond donors (Lipinski definition) is 2. The molecule has 2 fully saturated rings. The van der Waals surface area contributed by atoms with Gasteiger partial charge in [-0.3, -0.25) is 0 Å². The molecule has 3 aliphatic carbocycles. The second kappa shape index (κ2) is 7.45. The monoisotopic (exact) mass is 392 g/mol. The predicted octanol–water partition coefficient (Wildman–Crippen LogP) is 4.70. The zero-order chi connectivity index (χ0) is 20.0. The number of benzene rings is 2. The first kappa shape index (κ1) is 19.1. The number of aliphatic hydroxyl groups is 2. The maximum Gasteiger partial charge on any atom is 0.120 e. The predicted molar refractivity (Wildman–Crippen MR) is 114 cm³/mol. The summed E-state index contributed by atoms with van der Waals surface area (Å²) in [4.78, 5) is 0. The van der Waals surface area contributed by atoms with Crippen molar-refractivity contribution in [3.8, 4) is 5.75 Å². The smallest absolute Gasteiger partial charge is 0.120 e. The molecule has 0 spiro atoms. The molecule has 29 heavy (non-hydrogen) atoms. The van der Waals surface area contributed by atoms with E-state index in [0.717, 1.165) is 31.4 Å². The molecule has 3 aliphatic rings. The first-order chi connectivity index (χ1) is 14.1. The Morgan fingerprint density at radius 1 is 1.10 bits per heavy atom. The maximum atomic E-state index is 10.8. The van der Waals surface area contributed by atoms with Crippen molar-refractivity contribution in [2.24, 2.45) is 23.2 Å². The minimum atomic E-state index is -0.353. The normalized spacial score (nSPS) is 35.5. The van der Waals surface area contributed by atoms with Gasteiger partial charge in [-0.05, 0) is 84.1 Å². The molecule has 0 aromatic heterocycles. The van der Waals surface area contributed by atoms with E-state index in [0.29, 0.717) is 24.4 Å². The standard InChI is InChI=1S/C26H32O3/c1-26-12-11-22-21-10-8-20(29-16-17-5-3-2-4-6-17)13-18(21)7-9-23(22)24(26)14-19(15-27)25(26)28/h2-6,8,10,13,19,22-25,27-28H,7,9,11-12,14-16H2,1H3/t19?,22?,23?,24?,25-,26-/m0/s1. The molecule has 2 saturated carbocycles. The zero-order valence-corrected chi connectivity index (χ0v) is 17.3. The average Bonchev–Trinajstić information content (AvgIpc) is 3.03. The molecule has 6 atom stereocenters. The quantitative estimate of drug-likeness (QED) is 0.793. The summed E-state index contributed by atoms with van der Waals surface area (Å²) in [5, 5.41) is 20.6. The van der Waals surface area contributed by atoms with Crippen LogP contribution in [0.4, 0.5) is 0 Å². The Morgan fingerprint density at radius 2 is 1.93 bits per heavy atom. The van der Waals surface area contributed by atoms with Crippen molar-refractivity contribution in [1.82, 2.24) is 0 Å². The molecule has 2 aromatic rings. The topological polar surface area (TPSA) is 49.7 Å². The maximum absolute atomic E-state index is 10.8. The van der Waals surface area contributed by atoms with E-state index in [1.807, 2.05) is 18.2 Å². The average molecular weight is 393 g/mol. The van der Waals surface area contributed by atoms with E-state index < -0.39 is 0 Å². The van der Waals surface area contributed by atoms with Gasteiger partial charge in [0.25, 0.3) is 0 Å². The summed E-state index contributed by atoms with van der Waals surface area (Å²) in [5.74, 6) is 2.76. The van der Waals surface area contributed by atoms with Gasteiger partial charge in [-0.1, -0.05) is 43.3 Å². The summed E-state index contributed by atoms with van der Waals surface area (Å²) >= 11 is 0. The lowest BCUT2D eigenvalue weighted by Gasteiger charge is -2.50. The number of aryl methyl sites for hydroxylation is 1. The van der Waals surface area contributed by atoms with Crippen LogP contribution >= 0.6 is 0 Å². The molecular formula is C26H32O3. The zero-order valence-electron chi connectivity index (χ0n) is 17.3. The van der Waals surface area contributed by atoms with Crippen LogP contribution in [-0.2, 0) is 13.0 Å². The van der Waals surface area contributed by atoms with Crippen LogP contribution in [0.3, 0.4) is 0 Å². The third-order valence-corrected chi connectivity index (χ3v) is 8.30. The second-order valence-corrected chi connectivity index (χ2v) is 9.72. The van der Waals surface area contributed by atoms with Crippen LogP contribution in [0.2, 0.25) is 0 Å². The van der Waals surface area contributed by atoms with E-state index in [-0.39, 0.29) is 24.0 Å². The van der Waals surface area contributed by atoms with Crippen molar-refractivity contribution >= 4 is 0 Å². The van der Waals surface area contributed by atoms with Gasteiger partial charge in [-0.2, -0.15) is 0 Å².